The van der Waals surface area contributed by atoms with Crippen LogP contribution in [-0.2, 0) is 0 Å². The zero-order valence-electron chi connectivity index (χ0n) is 25.1. The Morgan fingerprint density at radius 2 is 0.957 bits per heavy atom. The van der Waals surface area contributed by atoms with Crippen LogP contribution in [0.4, 0.5) is 0 Å². The minimum atomic E-state index is 0.627. The van der Waals surface area contributed by atoms with E-state index in [0.29, 0.717) is 17.5 Å². The van der Waals surface area contributed by atoms with Crippen LogP contribution >= 0.6 is 11.3 Å². The maximum Gasteiger partial charge on any atom is 0.164 e. The third-order valence-electron chi connectivity index (χ3n) is 8.42. The molecule has 5 aromatic carbocycles. The highest BCUT2D eigenvalue weighted by molar-refractivity contribution is 7.25. The largest absolute Gasteiger partial charge is 0.254 e. The summed E-state index contributed by atoms with van der Waals surface area (Å²) in [6, 6.07) is 47.7. The van der Waals surface area contributed by atoms with E-state index in [1.165, 1.54) is 20.2 Å². The summed E-state index contributed by atoms with van der Waals surface area (Å²) in [5.74, 6) is 1.91. The summed E-state index contributed by atoms with van der Waals surface area (Å²) in [4.78, 5) is 24.4. The molecule has 0 saturated carbocycles. The van der Waals surface area contributed by atoms with Crippen molar-refractivity contribution in [3.05, 3.63) is 152 Å². The predicted molar refractivity (Wildman–Crippen MR) is 193 cm³/mol. The topological polar surface area (TPSA) is 64.5 Å². The monoisotopic (exact) mass is 619 g/mol. The van der Waals surface area contributed by atoms with Crippen molar-refractivity contribution in [3.8, 4) is 56.7 Å². The van der Waals surface area contributed by atoms with Crippen LogP contribution in [0, 0.1) is 0 Å². The van der Waals surface area contributed by atoms with Gasteiger partial charge in [0.1, 0.15) is 0 Å². The first-order valence-electron chi connectivity index (χ1n) is 15.4. The van der Waals surface area contributed by atoms with E-state index in [1.807, 2.05) is 73.1 Å². The van der Waals surface area contributed by atoms with Gasteiger partial charge in [-0.05, 0) is 40.8 Å². The van der Waals surface area contributed by atoms with Crippen LogP contribution in [0.5, 0.6) is 0 Å². The Kier molecular flexibility index (Phi) is 6.58. The third kappa shape index (κ3) is 5.01. The number of fused-ring (bicyclic) bond motifs is 4. The lowest BCUT2D eigenvalue weighted by Gasteiger charge is -2.11. The van der Waals surface area contributed by atoms with Gasteiger partial charge in [-0.2, -0.15) is 0 Å². The molecule has 0 saturated heterocycles. The number of aromatic nitrogens is 5. The molecule has 5 nitrogen and oxygen atoms in total. The highest BCUT2D eigenvalue weighted by atomic mass is 32.1. The maximum atomic E-state index is 4.95. The lowest BCUT2D eigenvalue weighted by molar-refractivity contribution is 1.07. The average Bonchev–Trinajstić information content (AvgIpc) is 3.53. The van der Waals surface area contributed by atoms with Crippen LogP contribution in [0.2, 0.25) is 0 Å². The second-order valence-electron chi connectivity index (χ2n) is 11.4. The van der Waals surface area contributed by atoms with E-state index in [2.05, 4.69) is 78.9 Å². The van der Waals surface area contributed by atoms with Gasteiger partial charge in [0.25, 0.3) is 0 Å². The van der Waals surface area contributed by atoms with E-state index in [9.17, 15) is 0 Å². The second-order valence-corrected chi connectivity index (χ2v) is 12.5. The molecule has 0 fully saturated rings. The van der Waals surface area contributed by atoms with Gasteiger partial charge in [0, 0.05) is 49.9 Å². The van der Waals surface area contributed by atoms with Crippen molar-refractivity contribution in [1.82, 2.24) is 24.9 Å². The third-order valence-corrected chi connectivity index (χ3v) is 9.54. The van der Waals surface area contributed by atoms with Crippen LogP contribution in [-0.4, -0.2) is 24.9 Å². The van der Waals surface area contributed by atoms with E-state index in [-0.39, 0.29) is 0 Å². The van der Waals surface area contributed by atoms with Gasteiger partial charge in [-0.3, -0.25) is 9.97 Å². The number of rotatable bonds is 5. The normalized spacial score (nSPS) is 11.4. The molecule has 47 heavy (non-hydrogen) atoms. The summed E-state index contributed by atoms with van der Waals surface area (Å²) in [6.07, 6.45) is 3.92. The van der Waals surface area contributed by atoms with Crippen LogP contribution in [0.15, 0.2) is 152 Å². The summed E-state index contributed by atoms with van der Waals surface area (Å²) in [6.45, 7) is 0. The number of hydrogen-bond acceptors (Lipinski definition) is 6. The molecule has 9 aromatic rings. The summed E-state index contributed by atoms with van der Waals surface area (Å²) in [5.41, 5.74) is 6.69. The summed E-state index contributed by atoms with van der Waals surface area (Å²) >= 11 is 1.77. The second kappa shape index (κ2) is 11.4. The first kappa shape index (κ1) is 27.2. The van der Waals surface area contributed by atoms with Crippen LogP contribution < -0.4 is 0 Å². The SMILES string of the molecule is c1ccc(-c2nc(-c3ccccc3)nc(-c3cccc(-c4cccc5cnc(-c6cc7c(cn6)sc6ccccc67)cc45)c3)n2)cc1. The number of hydrogen-bond donors (Lipinski definition) is 0. The lowest BCUT2D eigenvalue weighted by Crippen LogP contribution is -2.00. The average molecular weight is 620 g/mol. The molecule has 0 radical (unpaired) electrons. The zero-order chi connectivity index (χ0) is 31.2. The molecule has 0 unspecified atom stereocenters. The smallest absolute Gasteiger partial charge is 0.164 e. The first-order chi connectivity index (χ1) is 23.3. The Bertz CT molecular complexity index is 2520. The van der Waals surface area contributed by atoms with Crippen molar-refractivity contribution in [1.29, 1.82) is 0 Å². The molecule has 0 amide bonds. The summed E-state index contributed by atoms with van der Waals surface area (Å²) < 4.78 is 2.44. The fourth-order valence-electron chi connectivity index (χ4n) is 6.10. The maximum absolute atomic E-state index is 4.95. The predicted octanol–water partition coefficient (Wildman–Crippen LogP) is 10.5. The van der Waals surface area contributed by atoms with Crippen molar-refractivity contribution in [2.75, 3.05) is 0 Å². The van der Waals surface area contributed by atoms with E-state index >= 15 is 0 Å². The van der Waals surface area contributed by atoms with E-state index < -0.39 is 0 Å². The number of benzene rings is 5. The molecular formula is C41H25N5S. The van der Waals surface area contributed by atoms with Gasteiger partial charge in [0.15, 0.2) is 17.5 Å². The molecule has 0 spiro atoms. The molecule has 0 atom stereocenters. The fraction of sp³-hybridized carbons (Fsp3) is 0. The van der Waals surface area contributed by atoms with Gasteiger partial charge in [-0.1, -0.05) is 115 Å². The van der Waals surface area contributed by atoms with E-state index in [0.717, 1.165) is 50.0 Å². The molecule has 0 aliphatic heterocycles. The van der Waals surface area contributed by atoms with Gasteiger partial charge < -0.3 is 0 Å². The Morgan fingerprint density at radius 3 is 1.70 bits per heavy atom. The Morgan fingerprint density at radius 1 is 0.383 bits per heavy atom. The zero-order valence-corrected chi connectivity index (χ0v) is 25.9. The van der Waals surface area contributed by atoms with Crippen LogP contribution in [0.25, 0.3) is 87.6 Å². The van der Waals surface area contributed by atoms with E-state index in [1.54, 1.807) is 11.3 Å². The minimum absolute atomic E-state index is 0.627. The van der Waals surface area contributed by atoms with Crippen LogP contribution in [0.1, 0.15) is 0 Å². The number of pyridine rings is 2. The van der Waals surface area contributed by atoms with Gasteiger partial charge >= 0.3 is 0 Å². The quantitative estimate of drug-likeness (QED) is 0.192. The van der Waals surface area contributed by atoms with Crippen molar-refractivity contribution in [3.63, 3.8) is 0 Å². The molecule has 0 aliphatic carbocycles. The number of nitrogens with zero attached hydrogens (tertiary/aromatic N) is 5. The minimum Gasteiger partial charge on any atom is -0.254 e. The van der Waals surface area contributed by atoms with Crippen molar-refractivity contribution < 1.29 is 0 Å². The molecule has 0 bridgehead atoms. The van der Waals surface area contributed by atoms with Gasteiger partial charge in [-0.15, -0.1) is 11.3 Å². The molecule has 4 aromatic heterocycles. The fourth-order valence-corrected chi connectivity index (χ4v) is 7.15. The Labute approximate surface area is 275 Å². The van der Waals surface area contributed by atoms with Crippen molar-refractivity contribution in [2.45, 2.75) is 0 Å². The van der Waals surface area contributed by atoms with Crippen molar-refractivity contribution >= 4 is 42.3 Å². The molecule has 6 heteroatoms. The van der Waals surface area contributed by atoms with Crippen LogP contribution in [0.3, 0.4) is 0 Å². The number of thiophene rings is 1. The Balaban J connectivity index is 1.16. The Hall–Kier alpha value is -6.11. The van der Waals surface area contributed by atoms with Gasteiger partial charge in [0.05, 0.1) is 16.1 Å². The summed E-state index contributed by atoms with van der Waals surface area (Å²) in [5, 5.41) is 4.63. The molecule has 220 valence electrons. The van der Waals surface area contributed by atoms with E-state index in [4.69, 9.17) is 24.9 Å². The molecule has 0 aliphatic rings. The lowest BCUT2D eigenvalue weighted by atomic mass is 9.97. The van der Waals surface area contributed by atoms with Gasteiger partial charge in [0.2, 0.25) is 0 Å². The van der Waals surface area contributed by atoms with Gasteiger partial charge in [-0.25, -0.2) is 15.0 Å². The molecule has 9 rings (SSSR count). The molecule has 0 N–H and O–H groups in total. The highest BCUT2D eigenvalue weighted by Gasteiger charge is 2.15. The van der Waals surface area contributed by atoms with Crippen molar-refractivity contribution in [2.24, 2.45) is 0 Å². The summed E-state index contributed by atoms with van der Waals surface area (Å²) in [7, 11) is 0. The highest BCUT2D eigenvalue weighted by Crippen LogP contribution is 2.37. The standard InChI is InChI=1S/C41H25N5S/c1-3-11-26(12-4-1)39-44-40(27-13-5-2-6-14-27)46-41(45-39)29-16-9-15-28(21-29)31-19-10-17-30-24-42-35(22-33(30)31)36-23-34-32-18-7-8-20-37(32)47-38(34)25-43-36/h1-25H. The molecular weight excluding hydrogens is 595 g/mol. The first-order valence-corrected chi connectivity index (χ1v) is 16.2. The molecule has 4 heterocycles.